The van der Waals surface area contributed by atoms with Crippen LogP contribution in [0.1, 0.15) is 28.8 Å². The highest BCUT2D eigenvalue weighted by molar-refractivity contribution is 8.00. The van der Waals surface area contributed by atoms with E-state index in [1.807, 2.05) is 24.3 Å². The van der Waals surface area contributed by atoms with Crippen molar-refractivity contribution in [1.82, 2.24) is 0 Å². The van der Waals surface area contributed by atoms with E-state index in [0.29, 0.717) is 16.3 Å². The number of nitrogens with two attached hydrogens (primary N) is 1. The molecule has 0 spiro atoms. The largest absolute Gasteiger partial charge is 0.398 e. The van der Waals surface area contributed by atoms with Crippen molar-refractivity contribution >= 4 is 39.7 Å². The second-order valence-electron chi connectivity index (χ2n) is 5.40. The van der Waals surface area contributed by atoms with E-state index in [1.54, 1.807) is 11.3 Å². The monoisotopic (exact) mass is 343 g/mol. The average Bonchev–Trinajstić information content (AvgIpc) is 2.91. The van der Waals surface area contributed by atoms with Gasteiger partial charge in [0.05, 0.1) is 11.3 Å². The molecule has 1 heterocycles. The van der Waals surface area contributed by atoms with Gasteiger partial charge in [-0.3, -0.25) is 4.79 Å². The van der Waals surface area contributed by atoms with E-state index in [0.717, 1.165) is 36.1 Å². The van der Waals surface area contributed by atoms with Crippen LogP contribution in [0, 0.1) is 11.3 Å². The topological polar surface area (TPSA) is 78.9 Å². The lowest BCUT2D eigenvalue weighted by Gasteiger charge is -2.09. The van der Waals surface area contributed by atoms with Crippen LogP contribution < -0.4 is 11.1 Å². The van der Waals surface area contributed by atoms with Gasteiger partial charge in [0.1, 0.15) is 11.1 Å². The molecule has 3 N–H and O–H groups in total. The molecule has 118 valence electrons. The quantitative estimate of drug-likeness (QED) is 0.653. The molecule has 1 amide bonds. The van der Waals surface area contributed by atoms with Gasteiger partial charge in [-0.05, 0) is 43.4 Å². The zero-order valence-electron chi connectivity index (χ0n) is 12.6. The third kappa shape index (κ3) is 3.52. The smallest absolute Gasteiger partial charge is 0.235 e. The minimum absolute atomic E-state index is 0.103. The Bertz CT molecular complexity index is 777. The van der Waals surface area contributed by atoms with Gasteiger partial charge in [-0.15, -0.1) is 23.1 Å². The highest BCUT2D eigenvalue weighted by atomic mass is 32.2. The first-order chi connectivity index (χ1) is 11.2. The summed E-state index contributed by atoms with van der Waals surface area (Å²) in [6.45, 7) is 0. The summed E-state index contributed by atoms with van der Waals surface area (Å²) in [5.41, 5.74) is 8.35. The Hall–Kier alpha value is -1.97. The number of thioether (sulfide) groups is 1. The van der Waals surface area contributed by atoms with E-state index in [1.165, 1.54) is 16.6 Å². The first-order valence-corrected chi connectivity index (χ1v) is 9.31. The Balaban J connectivity index is 1.68. The SMILES string of the molecule is N#Cc1c(NC(=O)CSc2ccccc2N)sc2c1CCCC2. The van der Waals surface area contributed by atoms with Gasteiger partial charge in [-0.25, -0.2) is 0 Å². The molecule has 0 radical (unpaired) electrons. The van der Waals surface area contributed by atoms with Crippen LogP contribution in [0.4, 0.5) is 10.7 Å². The molecule has 0 saturated heterocycles. The Morgan fingerprint density at radius 3 is 2.91 bits per heavy atom. The van der Waals surface area contributed by atoms with Gasteiger partial charge in [-0.2, -0.15) is 5.26 Å². The molecule has 1 aromatic carbocycles. The fraction of sp³-hybridized carbons (Fsp3) is 0.294. The van der Waals surface area contributed by atoms with Crippen LogP contribution in [0.15, 0.2) is 29.2 Å². The minimum atomic E-state index is -0.103. The maximum Gasteiger partial charge on any atom is 0.235 e. The zero-order valence-corrected chi connectivity index (χ0v) is 14.2. The molecule has 2 aromatic rings. The van der Waals surface area contributed by atoms with Gasteiger partial charge in [0.25, 0.3) is 0 Å². The van der Waals surface area contributed by atoms with E-state index in [4.69, 9.17) is 5.73 Å². The number of nitrogens with zero attached hydrogens (tertiary/aromatic N) is 1. The number of hydrogen-bond acceptors (Lipinski definition) is 5. The number of benzene rings is 1. The fourth-order valence-electron chi connectivity index (χ4n) is 2.69. The summed E-state index contributed by atoms with van der Waals surface area (Å²) in [5.74, 6) is 0.176. The molecular formula is C17H17N3OS2. The van der Waals surface area contributed by atoms with Gasteiger partial charge in [0.2, 0.25) is 5.91 Å². The van der Waals surface area contributed by atoms with Gasteiger partial charge >= 0.3 is 0 Å². The normalized spacial score (nSPS) is 13.2. The summed E-state index contributed by atoms with van der Waals surface area (Å²) < 4.78 is 0. The van der Waals surface area contributed by atoms with Crippen molar-refractivity contribution in [2.24, 2.45) is 0 Å². The molecule has 1 aliphatic rings. The predicted octanol–water partition coefficient (Wildman–Crippen LogP) is 3.81. The lowest BCUT2D eigenvalue weighted by Crippen LogP contribution is -2.14. The summed E-state index contributed by atoms with van der Waals surface area (Å²) in [6.07, 6.45) is 4.24. The van der Waals surface area contributed by atoms with Crippen LogP contribution in [-0.2, 0) is 17.6 Å². The molecule has 4 nitrogen and oxygen atoms in total. The number of para-hydroxylation sites is 1. The van der Waals surface area contributed by atoms with Crippen molar-refractivity contribution in [2.45, 2.75) is 30.6 Å². The lowest BCUT2D eigenvalue weighted by atomic mass is 9.96. The minimum Gasteiger partial charge on any atom is -0.398 e. The van der Waals surface area contributed by atoms with E-state index in [2.05, 4.69) is 11.4 Å². The highest BCUT2D eigenvalue weighted by Crippen LogP contribution is 2.37. The summed E-state index contributed by atoms with van der Waals surface area (Å²) in [6, 6.07) is 9.75. The molecule has 0 unspecified atom stereocenters. The molecule has 6 heteroatoms. The Morgan fingerprint density at radius 2 is 2.13 bits per heavy atom. The molecule has 1 aromatic heterocycles. The maximum atomic E-state index is 12.2. The average molecular weight is 343 g/mol. The zero-order chi connectivity index (χ0) is 16.2. The van der Waals surface area contributed by atoms with Crippen LogP contribution in [0.2, 0.25) is 0 Å². The van der Waals surface area contributed by atoms with Crippen molar-refractivity contribution in [3.8, 4) is 6.07 Å². The number of rotatable bonds is 4. The van der Waals surface area contributed by atoms with Crippen LogP contribution in [0.25, 0.3) is 0 Å². The number of anilines is 2. The molecule has 0 fully saturated rings. The third-order valence-corrected chi connectivity index (χ3v) is 6.11. The number of carbonyl (C=O) groups excluding carboxylic acids is 1. The molecule has 0 bridgehead atoms. The van der Waals surface area contributed by atoms with Crippen molar-refractivity contribution in [1.29, 1.82) is 5.26 Å². The van der Waals surface area contributed by atoms with Crippen LogP contribution in [0.5, 0.6) is 0 Å². The Labute approximate surface area is 143 Å². The first-order valence-electron chi connectivity index (χ1n) is 7.51. The third-order valence-electron chi connectivity index (χ3n) is 3.81. The fourth-order valence-corrected chi connectivity index (χ4v) is 4.71. The second-order valence-corrected chi connectivity index (χ2v) is 7.52. The van der Waals surface area contributed by atoms with E-state index < -0.39 is 0 Å². The van der Waals surface area contributed by atoms with E-state index in [-0.39, 0.29) is 11.7 Å². The van der Waals surface area contributed by atoms with Gasteiger partial charge in [0.15, 0.2) is 0 Å². The molecule has 23 heavy (non-hydrogen) atoms. The number of nitrogens with one attached hydrogen (secondary N) is 1. The van der Waals surface area contributed by atoms with Gasteiger partial charge in [0, 0.05) is 15.5 Å². The predicted molar refractivity (Wildman–Crippen MR) is 95.9 cm³/mol. The number of nitrogen functional groups attached to an aromatic ring is 1. The van der Waals surface area contributed by atoms with Crippen LogP contribution in [-0.4, -0.2) is 11.7 Å². The number of fused-ring (bicyclic) bond motifs is 1. The molecule has 0 saturated carbocycles. The van der Waals surface area contributed by atoms with Crippen molar-refractivity contribution in [3.63, 3.8) is 0 Å². The summed E-state index contributed by atoms with van der Waals surface area (Å²) in [7, 11) is 0. The first kappa shape index (κ1) is 15.9. The number of hydrogen-bond donors (Lipinski definition) is 2. The van der Waals surface area contributed by atoms with Crippen molar-refractivity contribution in [2.75, 3.05) is 16.8 Å². The summed E-state index contributed by atoms with van der Waals surface area (Å²) in [5, 5.41) is 13.0. The van der Waals surface area contributed by atoms with Crippen molar-refractivity contribution < 1.29 is 4.79 Å². The number of aryl methyl sites for hydroxylation is 1. The number of amides is 1. The van der Waals surface area contributed by atoms with Crippen molar-refractivity contribution in [3.05, 3.63) is 40.3 Å². The summed E-state index contributed by atoms with van der Waals surface area (Å²) in [4.78, 5) is 14.4. The van der Waals surface area contributed by atoms with Crippen LogP contribution in [0.3, 0.4) is 0 Å². The van der Waals surface area contributed by atoms with Gasteiger partial charge < -0.3 is 11.1 Å². The molecule has 0 aliphatic heterocycles. The highest BCUT2D eigenvalue weighted by Gasteiger charge is 2.21. The molecule has 1 aliphatic carbocycles. The maximum absolute atomic E-state index is 12.2. The summed E-state index contributed by atoms with van der Waals surface area (Å²) >= 11 is 2.96. The number of nitriles is 1. The molecule has 0 atom stereocenters. The lowest BCUT2D eigenvalue weighted by molar-refractivity contribution is -0.113. The van der Waals surface area contributed by atoms with E-state index >= 15 is 0 Å². The standard InChI is InChI=1S/C17H17N3OS2/c18-9-12-11-5-1-3-7-14(11)23-17(12)20-16(21)10-22-15-8-4-2-6-13(15)19/h2,4,6,8H,1,3,5,7,10,19H2,(H,20,21). The number of thiophene rings is 1. The van der Waals surface area contributed by atoms with Crippen LogP contribution >= 0.6 is 23.1 Å². The Morgan fingerprint density at radius 1 is 1.35 bits per heavy atom. The van der Waals surface area contributed by atoms with Gasteiger partial charge in [-0.1, -0.05) is 12.1 Å². The second kappa shape index (κ2) is 7.07. The molecule has 3 rings (SSSR count). The number of carbonyl (C=O) groups is 1. The Kier molecular flexibility index (Phi) is 4.89. The van der Waals surface area contributed by atoms with E-state index in [9.17, 15) is 10.1 Å². The molecular weight excluding hydrogens is 326 g/mol.